The molecule has 0 heterocycles. The number of nitrogens with zero attached hydrogens (tertiary/aromatic N) is 2. The van der Waals surface area contributed by atoms with Gasteiger partial charge in [-0.1, -0.05) is 0 Å². The van der Waals surface area contributed by atoms with Crippen molar-refractivity contribution in [3.8, 4) is 11.5 Å². The fourth-order valence-corrected chi connectivity index (χ4v) is 1.32. The predicted octanol–water partition coefficient (Wildman–Crippen LogP) is 0.906. The number of hydrogen-bond acceptors (Lipinski definition) is 3. The highest BCUT2D eigenvalue weighted by atomic mass is 19.3. The van der Waals surface area contributed by atoms with Gasteiger partial charge in [0.25, 0.3) is 0 Å². The van der Waals surface area contributed by atoms with Crippen LogP contribution in [0.15, 0.2) is 28.2 Å². The molecule has 0 bridgehead atoms. The summed E-state index contributed by atoms with van der Waals surface area (Å²) in [6.07, 6.45) is 0. The van der Waals surface area contributed by atoms with Gasteiger partial charge in [0.15, 0.2) is 17.5 Å². The number of ether oxygens (including phenoxy) is 2. The van der Waals surface area contributed by atoms with Gasteiger partial charge < -0.3 is 26.7 Å². The number of guanidine groups is 2. The highest BCUT2D eigenvalue weighted by Crippen LogP contribution is 2.32. The van der Waals surface area contributed by atoms with Crippen LogP contribution in [0, 0.1) is 0 Å². The van der Waals surface area contributed by atoms with E-state index in [2.05, 4.69) is 14.7 Å². The van der Waals surface area contributed by atoms with Crippen molar-refractivity contribution in [2.75, 3.05) is 6.61 Å². The minimum Gasteiger partial charge on any atom is -0.490 e. The van der Waals surface area contributed by atoms with E-state index in [-0.39, 0.29) is 30.0 Å². The lowest BCUT2D eigenvalue weighted by Gasteiger charge is -2.11. The first-order valence-electron chi connectivity index (χ1n) is 5.57. The van der Waals surface area contributed by atoms with Gasteiger partial charge in [-0.2, -0.15) is 13.8 Å². The predicted molar refractivity (Wildman–Crippen MR) is 71.3 cm³/mol. The maximum Gasteiger partial charge on any atom is 0.387 e. The van der Waals surface area contributed by atoms with Crippen molar-refractivity contribution in [3.63, 3.8) is 0 Å². The summed E-state index contributed by atoms with van der Waals surface area (Å²) in [5.41, 5.74) is 16.1. The van der Waals surface area contributed by atoms with E-state index in [1.807, 2.05) is 0 Å². The lowest BCUT2D eigenvalue weighted by atomic mass is 10.3. The zero-order valence-corrected chi connectivity index (χ0v) is 10.7. The summed E-state index contributed by atoms with van der Waals surface area (Å²) in [6.45, 7) is -0.971. The molecule has 0 saturated carbocycles. The molecule has 7 nitrogen and oxygen atoms in total. The Balaban J connectivity index is 3.06. The Morgan fingerprint density at radius 3 is 2.50 bits per heavy atom. The Labute approximate surface area is 114 Å². The molecule has 6 N–H and O–H groups in total. The minimum atomic E-state index is -2.95. The van der Waals surface area contributed by atoms with Crippen molar-refractivity contribution in [2.45, 2.75) is 13.5 Å². The number of aliphatic imine (C=N–C) groups is 2. The number of alkyl halides is 2. The van der Waals surface area contributed by atoms with E-state index >= 15 is 0 Å². The Hall–Kier alpha value is -2.58. The van der Waals surface area contributed by atoms with E-state index < -0.39 is 6.61 Å². The van der Waals surface area contributed by atoms with E-state index in [9.17, 15) is 8.78 Å². The Kier molecular flexibility index (Phi) is 5.51. The number of hydrogen-bond donors (Lipinski definition) is 3. The summed E-state index contributed by atoms with van der Waals surface area (Å²) in [4.78, 5) is 7.41. The van der Waals surface area contributed by atoms with Crippen molar-refractivity contribution >= 4 is 17.6 Å². The van der Waals surface area contributed by atoms with Crippen LogP contribution < -0.4 is 26.7 Å². The van der Waals surface area contributed by atoms with Crippen molar-refractivity contribution in [1.29, 1.82) is 0 Å². The molecule has 0 aliphatic rings. The van der Waals surface area contributed by atoms with Crippen LogP contribution in [-0.4, -0.2) is 25.1 Å². The number of benzene rings is 1. The first-order chi connectivity index (χ1) is 9.42. The Morgan fingerprint density at radius 1 is 1.25 bits per heavy atom. The second-order valence-electron chi connectivity index (χ2n) is 3.45. The van der Waals surface area contributed by atoms with Crippen LogP contribution in [0.25, 0.3) is 0 Å². The van der Waals surface area contributed by atoms with Crippen molar-refractivity contribution in [3.05, 3.63) is 18.2 Å². The van der Waals surface area contributed by atoms with Gasteiger partial charge in [-0.05, 0) is 19.1 Å². The zero-order valence-electron chi connectivity index (χ0n) is 10.7. The molecule has 1 aromatic carbocycles. The van der Waals surface area contributed by atoms with E-state index in [0.717, 1.165) is 0 Å². The topological polar surface area (TPSA) is 121 Å². The van der Waals surface area contributed by atoms with Gasteiger partial charge in [-0.15, -0.1) is 0 Å². The third kappa shape index (κ3) is 4.96. The Bertz CT molecular complexity index is 516. The Morgan fingerprint density at radius 2 is 1.95 bits per heavy atom. The minimum absolute atomic E-state index is 0.0961. The molecule has 0 atom stereocenters. The van der Waals surface area contributed by atoms with Gasteiger partial charge in [0, 0.05) is 6.07 Å². The third-order valence-corrected chi connectivity index (χ3v) is 1.93. The number of rotatable bonds is 5. The molecule has 9 heteroatoms. The normalized spacial score (nSPS) is 11.3. The highest BCUT2D eigenvalue weighted by molar-refractivity contribution is 5.93. The molecule has 0 aliphatic carbocycles. The average Bonchev–Trinajstić information content (AvgIpc) is 2.31. The lowest BCUT2D eigenvalue weighted by molar-refractivity contribution is -0.0514. The van der Waals surface area contributed by atoms with Gasteiger partial charge in [-0.25, -0.2) is 4.99 Å². The molecule has 0 saturated heterocycles. The quantitative estimate of drug-likeness (QED) is 0.549. The van der Waals surface area contributed by atoms with Crippen LogP contribution in [0.1, 0.15) is 6.92 Å². The maximum absolute atomic E-state index is 12.2. The van der Waals surface area contributed by atoms with Crippen LogP contribution in [0.2, 0.25) is 0 Å². The van der Waals surface area contributed by atoms with Gasteiger partial charge in [0.05, 0.1) is 12.3 Å². The van der Waals surface area contributed by atoms with Crippen molar-refractivity contribution in [1.82, 2.24) is 0 Å². The molecule has 0 aromatic heterocycles. The van der Waals surface area contributed by atoms with Gasteiger partial charge in [0.2, 0.25) is 5.96 Å². The molecular formula is C11H15F2N5O2. The second-order valence-corrected chi connectivity index (χ2v) is 3.45. The van der Waals surface area contributed by atoms with E-state index in [1.165, 1.54) is 18.2 Å². The summed E-state index contributed by atoms with van der Waals surface area (Å²) in [5.74, 6) is -0.392. The fourth-order valence-electron chi connectivity index (χ4n) is 1.32. The van der Waals surface area contributed by atoms with Crippen molar-refractivity contribution < 1.29 is 18.3 Å². The average molecular weight is 287 g/mol. The molecule has 1 aromatic rings. The van der Waals surface area contributed by atoms with Crippen molar-refractivity contribution in [2.24, 2.45) is 27.2 Å². The first kappa shape index (κ1) is 15.5. The second kappa shape index (κ2) is 7.12. The molecule has 0 fully saturated rings. The molecule has 0 amide bonds. The maximum atomic E-state index is 12.2. The molecule has 0 radical (unpaired) electrons. The van der Waals surface area contributed by atoms with Crippen LogP contribution in [0.3, 0.4) is 0 Å². The van der Waals surface area contributed by atoms with Crippen LogP contribution >= 0.6 is 0 Å². The summed E-state index contributed by atoms with van der Waals surface area (Å²) >= 11 is 0. The zero-order chi connectivity index (χ0) is 15.1. The molecule has 0 spiro atoms. The van der Waals surface area contributed by atoms with Crippen LogP contribution in [-0.2, 0) is 0 Å². The SMILES string of the molecule is CCOc1cc(N=C(N)N=C(N)N)ccc1OC(F)F. The fraction of sp³-hybridized carbons (Fsp3) is 0.273. The third-order valence-electron chi connectivity index (χ3n) is 1.93. The molecule has 1 rings (SSSR count). The smallest absolute Gasteiger partial charge is 0.387 e. The van der Waals surface area contributed by atoms with E-state index in [1.54, 1.807) is 6.92 Å². The largest absolute Gasteiger partial charge is 0.490 e. The monoisotopic (exact) mass is 287 g/mol. The van der Waals surface area contributed by atoms with Gasteiger partial charge in [0.1, 0.15) is 0 Å². The number of halogens is 2. The summed E-state index contributed by atoms with van der Waals surface area (Å²) in [7, 11) is 0. The first-order valence-corrected chi connectivity index (χ1v) is 5.57. The summed E-state index contributed by atoms with van der Waals surface area (Å²) in [5, 5.41) is 0. The highest BCUT2D eigenvalue weighted by Gasteiger charge is 2.11. The molecule has 0 unspecified atom stereocenters. The van der Waals surface area contributed by atoms with Gasteiger partial charge in [-0.3, -0.25) is 0 Å². The molecule has 20 heavy (non-hydrogen) atoms. The van der Waals surface area contributed by atoms with Crippen LogP contribution in [0.4, 0.5) is 14.5 Å². The standard InChI is InChI=1S/C11H15F2N5O2/c1-2-19-8-5-6(17-11(16)18-10(14)15)3-4-7(8)20-9(12)13/h3-5,9H,2H2,1H3,(H6,14,15,16,17,18). The van der Waals surface area contributed by atoms with E-state index in [0.29, 0.717) is 5.69 Å². The lowest BCUT2D eigenvalue weighted by Crippen LogP contribution is -2.26. The number of nitrogens with two attached hydrogens (primary N) is 3. The van der Waals surface area contributed by atoms with E-state index in [4.69, 9.17) is 21.9 Å². The van der Waals surface area contributed by atoms with Crippen LogP contribution in [0.5, 0.6) is 11.5 Å². The van der Waals surface area contributed by atoms with Gasteiger partial charge >= 0.3 is 6.61 Å². The summed E-state index contributed by atoms with van der Waals surface area (Å²) < 4.78 is 34.0. The molecule has 110 valence electrons. The molecule has 0 aliphatic heterocycles. The summed E-state index contributed by atoms with van der Waals surface area (Å²) in [6, 6.07) is 4.09. The molecular weight excluding hydrogens is 272 g/mol.